The van der Waals surface area contributed by atoms with E-state index in [-0.39, 0.29) is 5.91 Å². The fourth-order valence-electron chi connectivity index (χ4n) is 3.24. The molecule has 1 saturated heterocycles. The van der Waals surface area contributed by atoms with Crippen LogP contribution in [0.15, 0.2) is 42.5 Å². The van der Waals surface area contributed by atoms with Crippen LogP contribution in [0.1, 0.15) is 21.5 Å². The first-order valence-corrected chi connectivity index (χ1v) is 8.39. The Kier molecular flexibility index (Phi) is 3.00. The Labute approximate surface area is 137 Å². The lowest BCUT2D eigenvalue weighted by Gasteiger charge is -2.32. The number of carbonyl (C=O) groups is 1. The molecule has 21 heavy (non-hydrogen) atoms. The van der Waals surface area contributed by atoms with Crippen molar-refractivity contribution in [1.29, 1.82) is 0 Å². The van der Waals surface area contributed by atoms with Gasteiger partial charge >= 0.3 is 0 Å². The minimum Gasteiger partial charge on any atom is -0.315 e. The number of thioether (sulfide) groups is 1. The molecule has 2 aromatic carbocycles. The van der Waals surface area contributed by atoms with Crippen molar-refractivity contribution < 1.29 is 4.79 Å². The third-order valence-corrected chi connectivity index (χ3v) is 5.94. The lowest BCUT2D eigenvalue weighted by molar-refractivity contribution is 0.0752. The molecule has 2 aliphatic rings. The largest absolute Gasteiger partial charge is 0.315 e. The van der Waals surface area contributed by atoms with E-state index in [4.69, 9.17) is 23.2 Å². The number of halogens is 2. The van der Waals surface area contributed by atoms with Gasteiger partial charge in [0, 0.05) is 33.5 Å². The van der Waals surface area contributed by atoms with Gasteiger partial charge in [0.15, 0.2) is 0 Å². The lowest BCUT2D eigenvalue weighted by Crippen LogP contribution is -2.37. The normalized spacial score (nSPS) is 23.3. The Bertz CT molecular complexity index is 743. The zero-order valence-electron chi connectivity index (χ0n) is 11.0. The summed E-state index contributed by atoms with van der Waals surface area (Å²) in [6.07, 6.45) is 0. The summed E-state index contributed by atoms with van der Waals surface area (Å²) in [7, 11) is 0. The van der Waals surface area contributed by atoms with Gasteiger partial charge < -0.3 is 4.90 Å². The molecule has 0 aromatic heterocycles. The van der Waals surface area contributed by atoms with Crippen LogP contribution in [0.2, 0.25) is 10.0 Å². The van der Waals surface area contributed by atoms with Gasteiger partial charge in [-0.25, -0.2) is 0 Å². The molecule has 2 nitrogen and oxygen atoms in total. The first-order chi connectivity index (χ1) is 10.1. The average Bonchev–Trinajstić information content (AvgIpc) is 2.99. The average molecular weight is 336 g/mol. The number of amides is 1. The third kappa shape index (κ3) is 1.78. The van der Waals surface area contributed by atoms with Crippen molar-refractivity contribution in [1.82, 2.24) is 4.90 Å². The van der Waals surface area contributed by atoms with Crippen LogP contribution in [-0.2, 0) is 4.87 Å². The van der Waals surface area contributed by atoms with Crippen molar-refractivity contribution in [3.63, 3.8) is 0 Å². The Morgan fingerprint density at radius 3 is 2.57 bits per heavy atom. The number of fused-ring (bicyclic) bond motifs is 3. The zero-order chi connectivity index (χ0) is 14.6. The second kappa shape index (κ2) is 4.67. The van der Waals surface area contributed by atoms with E-state index in [1.807, 2.05) is 41.3 Å². The molecule has 1 atom stereocenters. The third-order valence-electron chi connectivity index (χ3n) is 4.03. The molecule has 0 N–H and O–H groups in total. The van der Waals surface area contributed by atoms with Crippen LogP contribution in [0.4, 0.5) is 0 Å². The second-order valence-electron chi connectivity index (χ2n) is 5.15. The molecule has 0 bridgehead atoms. The second-order valence-corrected chi connectivity index (χ2v) is 7.31. The van der Waals surface area contributed by atoms with Crippen molar-refractivity contribution in [3.8, 4) is 0 Å². The monoisotopic (exact) mass is 335 g/mol. The molecular weight excluding hydrogens is 325 g/mol. The molecule has 0 spiro atoms. The molecule has 4 rings (SSSR count). The van der Waals surface area contributed by atoms with Crippen LogP contribution < -0.4 is 0 Å². The predicted molar refractivity (Wildman–Crippen MR) is 87.2 cm³/mol. The Morgan fingerprint density at radius 2 is 1.81 bits per heavy atom. The summed E-state index contributed by atoms with van der Waals surface area (Å²) in [5.41, 5.74) is 2.79. The quantitative estimate of drug-likeness (QED) is 0.769. The van der Waals surface area contributed by atoms with Gasteiger partial charge in [0.1, 0.15) is 4.87 Å². The maximum absolute atomic E-state index is 12.7. The first kappa shape index (κ1) is 13.5. The molecule has 2 aliphatic heterocycles. The summed E-state index contributed by atoms with van der Waals surface area (Å²) in [5, 5.41) is 1.19. The minimum absolute atomic E-state index is 0.0895. The number of hydrogen-bond acceptors (Lipinski definition) is 2. The summed E-state index contributed by atoms with van der Waals surface area (Å²) in [5.74, 6) is 0.996. The zero-order valence-corrected chi connectivity index (χ0v) is 13.3. The number of rotatable bonds is 1. The fourth-order valence-corrected chi connectivity index (χ4v) is 5.29. The van der Waals surface area contributed by atoms with Crippen LogP contribution in [0.25, 0.3) is 0 Å². The maximum atomic E-state index is 12.7. The van der Waals surface area contributed by atoms with Gasteiger partial charge in [-0.15, -0.1) is 11.8 Å². The van der Waals surface area contributed by atoms with E-state index in [2.05, 4.69) is 0 Å². The minimum atomic E-state index is -0.484. The van der Waals surface area contributed by atoms with Crippen LogP contribution >= 0.6 is 35.0 Å². The van der Waals surface area contributed by atoms with Gasteiger partial charge in [0.25, 0.3) is 5.91 Å². The Hall–Kier alpha value is -1.16. The van der Waals surface area contributed by atoms with E-state index in [0.717, 1.165) is 29.0 Å². The Balaban J connectivity index is 2.02. The highest BCUT2D eigenvalue weighted by Crippen LogP contribution is 2.55. The SMILES string of the molecule is O=C1c2ccccc2C2(c3cc(Cl)cc(Cl)c3)SCCN12. The lowest BCUT2D eigenvalue weighted by atomic mass is 9.97. The van der Waals surface area contributed by atoms with Crippen LogP contribution in [0, 0.1) is 0 Å². The smallest absolute Gasteiger partial charge is 0.255 e. The van der Waals surface area contributed by atoms with Gasteiger partial charge in [-0.3, -0.25) is 4.79 Å². The number of benzene rings is 2. The molecular formula is C16H11Cl2NOS. The van der Waals surface area contributed by atoms with Gasteiger partial charge in [0.05, 0.1) is 0 Å². The summed E-state index contributed by atoms with van der Waals surface area (Å²) in [6, 6.07) is 13.3. The molecule has 0 aliphatic carbocycles. The fraction of sp³-hybridized carbons (Fsp3) is 0.188. The van der Waals surface area contributed by atoms with Crippen molar-refractivity contribution in [2.45, 2.75) is 4.87 Å². The highest BCUT2D eigenvalue weighted by molar-refractivity contribution is 8.00. The molecule has 1 unspecified atom stereocenters. The molecule has 5 heteroatoms. The van der Waals surface area contributed by atoms with Crippen molar-refractivity contribution in [3.05, 3.63) is 69.2 Å². The standard InChI is InChI=1S/C16H11Cl2NOS/c17-11-7-10(8-12(18)9-11)16-14-4-2-1-3-13(14)15(20)19(16)5-6-21-16/h1-4,7-9H,5-6H2. The number of nitrogens with zero attached hydrogens (tertiary/aromatic N) is 1. The van der Waals surface area contributed by atoms with E-state index in [1.54, 1.807) is 17.8 Å². The van der Waals surface area contributed by atoms with Gasteiger partial charge in [-0.2, -0.15) is 0 Å². The van der Waals surface area contributed by atoms with E-state index in [1.165, 1.54) is 0 Å². The van der Waals surface area contributed by atoms with Gasteiger partial charge in [-0.05, 0) is 29.8 Å². The topological polar surface area (TPSA) is 20.3 Å². The molecule has 2 aromatic rings. The van der Waals surface area contributed by atoms with Crippen LogP contribution in [0.3, 0.4) is 0 Å². The number of hydrogen-bond donors (Lipinski definition) is 0. The van der Waals surface area contributed by atoms with E-state index < -0.39 is 4.87 Å². The van der Waals surface area contributed by atoms with Crippen LogP contribution in [0.5, 0.6) is 0 Å². The first-order valence-electron chi connectivity index (χ1n) is 6.65. The van der Waals surface area contributed by atoms with Crippen molar-refractivity contribution in [2.75, 3.05) is 12.3 Å². The summed E-state index contributed by atoms with van der Waals surface area (Å²) in [6.45, 7) is 0.738. The summed E-state index contributed by atoms with van der Waals surface area (Å²) < 4.78 is 0. The predicted octanol–water partition coefficient (Wildman–Crippen LogP) is 4.40. The number of carbonyl (C=O) groups excluding carboxylic acids is 1. The van der Waals surface area contributed by atoms with E-state index in [9.17, 15) is 4.79 Å². The molecule has 1 fully saturated rings. The van der Waals surface area contributed by atoms with E-state index in [0.29, 0.717) is 10.0 Å². The van der Waals surface area contributed by atoms with Crippen molar-refractivity contribution in [2.24, 2.45) is 0 Å². The molecule has 0 radical (unpaired) electrons. The van der Waals surface area contributed by atoms with Gasteiger partial charge in [-0.1, -0.05) is 41.4 Å². The molecule has 0 saturated carbocycles. The summed E-state index contributed by atoms with van der Waals surface area (Å²) >= 11 is 14.1. The summed E-state index contributed by atoms with van der Waals surface area (Å²) in [4.78, 5) is 14.1. The molecule has 2 heterocycles. The highest BCUT2D eigenvalue weighted by atomic mass is 35.5. The highest BCUT2D eigenvalue weighted by Gasteiger charge is 2.54. The van der Waals surface area contributed by atoms with Crippen molar-refractivity contribution >= 4 is 40.9 Å². The molecule has 1 amide bonds. The molecule has 106 valence electrons. The van der Waals surface area contributed by atoms with Crippen LogP contribution in [-0.4, -0.2) is 23.1 Å². The Morgan fingerprint density at radius 1 is 1.10 bits per heavy atom. The van der Waals surface area contributed by atoms with E-state index >= 15 is 0 Å². The van der Waals surface area contributed by atoms with Gasteiger partial charge in [0.2, 0.25) is 0 Å². The maximum Gasteiger partial charge on any atom is 0.255 e.